The van der Waals surface area contributed by atoms with Crippen LogP contribution in [-0.4, -0.2) is 35.4 Å². The largest absolute Gasteiger partial charge is 0.505 e. The zero-order valence-corrected chi connectivity index (χ0v) is 19.1. The second kappa shape index (κ2) is 7.84. The predicted octanol–water partition coefficient (Wildman–Crippen LogP) is 3.46. The van der Waals surface area contributed by atoms with Gasteiger partial charge in [-0.1, -0.05) is 36.4 Å². The lowest BCUT2D eigenvalue weighted by molar-refractivity contribution is -0.119. The van der Waals surface area contributed by atoms with Gasteiger partial charge in [-0.25, -0.2) is 24.3 Å². The first-order valence-electron chi connectivity index (χ1n) is 11.2. The van der Waals surface area contributed by atoms with Gasteiger partial charge in [0.25, 0.3) is 0 Å². The summed E-state index contributed by atoms with van der Waals surface area (Å²) in [5.74, 6) is -1.24. The van der Waals surface area contributed by atoms with E-state index in [1.807, 2.05) is 40.9 Å². The number of aromatic hydroxyl groups is 1. The fourth-order valence-electron chi connectivity index (χ4n) is 4.63. The van der Waals surface area contributed by atoms with Gasteiger partial charge in [0.1, 0.15) is 22.7 Å². The number of rotatable bonds is 4. The van der Waals surface area contributed by atoms with Crippen LogP contribution in [0.1, 0.15) is 29.3 Å². The molecule has 0 spiro atoms. The number of hydrogen-bond acceptors (Lipinski definition) is 7. The van der Waals surface area contributed by atoms with E-state index < -0.39 is 22.9 Å². The number of nitrogens with two attached hydrogens (primary N) is 1. The van der Waals surface area contributed by atoms with Gasteiger partial charge in [0.2, 0.25) is 5.91 Å². The third-order valence-corrected chi connectivity index (χ3v) is 6.54. The third-order valence-electron chi connectivity index (χ3n) is 6.54. The zero-order chi connectivity index (χ0) is 25.0. The highest BCUT2D eigenvalue weighted by Gasteiger charge is 2.48. The summed E-state index contributed by atoms with van der Waals surface area (Å²) in [4.78, 5) is 31.4. The minimum atomic E-state index is -1.34. The summed E-state index contributed by atoms with van der Waals surface area (Å²) in [5.41, 5.74) is 8.68. The average Bonchev–Trinajstić information content (AvgIpc) is 3.44. The number of fused-ring (bicyclic) bond motifs is 2. The van der Waals surface area contributed by atoms with E-state index in [4.69, 9.17) is 10.7 Å². The van der Waals surface area contributed by atoms with Gasteiger partial charge in [-0.2, -0.15) is 0 Å². The van der Waals surface area contributed by atoms with Crippen molar-refractivity contribution in [1.29, 1.82) is 0 Å². The van der Waals surface area contributed by atoms with Gasteiger partial charge in [0, 0.05) is 25.0 Å². The monoisotopic (exact) mass is 481 g/mol. The summed E-state index contributed by atoms with van der Waals surface area (Å²) >= 11 is 0. The Morgan fingerprint density at radius 3 is 2.72 bits per heavy atom. The molecule has 1 aliphatic rings. The van der Waals surface area contributed by atoms with Gasteiger partial charge in [0.05, 0.1) is 11.3 Å². The summed E-state index contributed by atoms with van der Waals surface area (Å²) < 4.78 is 16.0. The highest BCUT2D eigenvalue weighted by atomic mass is 19.1. The lowest BCUT2D eigenvalue weighted by atomic mass is 9.77. The summed E-state index contributed by atoms with van der Waals surface area (Å²) in [6, 6.07) is 13.7. The van der Waals surface area contributed by atoms with Crippen LogP contribution in [0.15, 0.2) is 67.1 Å². The van der Waals surface area contributed by atoms with E-state index >= 15 is 0 Å². The first kappa shape index (κ1) is 21.7. The third kappa shape index (κ3) is 3.26. The second-order valence-electron chi connectivity index (χ2n) is 8.79. The number of carbonyl (C=O) groups excluding carboxylic acids is 1. The Balaban J connectivity index is 1.47. The van der Waals surface area contributed by atoms with Crippen LogP contribution in [0.2, 0.25) is 0 Å². The molecule has 0 saturated heterocycles. The van der Waals surface area contributed by atoms with Gasteiger partial charge in [0.15, 0.2) is 23.0 Å². The van der Waals surface area contributed by atoms with Gasteiger partial charge in [-0.15, -0.1) is 0 Å². The predicted molar refractivity (Wildman–Crippen MR) is 131 cm³/mol. The Labute approximate surface area is 204 Å². The molecule has 0 radical (unpaired) electrons. The van der Waals surface area contributed by atoms with Crippen LogP contribution >= 0.6 is 0 Å². The van der Waals surface area contributed by atoms with E-state index in [1.165, 1.54) is 12.1 Å². The fourth-order valence-corrected chi connectivity index (χ4v) is 4.63. The van der Waals surface area contributed by atoms with Crippen LogP contribution in [0.25, 0.3) is 17.2 Å². The number of phenolic OH excluding ortho intramolecular Hbond substituents is 1. The number of hydrogen-bond donors (Lipinski definition) is 3. The summed E-state index contributed by atoms with van der Waals surface area (Å²) in [6.07, 6.45) is 5.81. The molecule has 4 heterocycles. The molecule has 0 unspecified atom stereocenters. The number of imidazole rings is 1. The number of halogens is 1. The number of nitrogens with one attached hydrogen (secondary N) is 1. The Kier molecular flexibility index (Phi) is 4.72. The minimum absolute atomic E-state index is 0.0708. The SMILES string of the molecule is C[C@]1(c2ccc(O)c(F)c2)C(=O)Nc2nc(-c3cn4ccnc4c(Cc4ccccc4)n3)nc(N)c21. The minimum Gasteiger partial charge on any atom is -0.505 e. The van der Waals surface area contributed by atoms with Crippen LogP contribution in [0.5, 0.6) is 5.75 Å². The quantitative estimate of drug-likeness (QED) is 0.358. The van der Waals surface area contributed by atoms with Gasteiger partial charge in [-0.3, -0.25) is 4.79 Å². The van der Waals surface area contributed by atoms with Crippen LogP contribution in [0, 0.1) is 5.82 Å². The Hall–Kier alpha value is -4.86. The zero-order valence-electron chi connectivity index (χ0n) is 19.1. The highest BCUT2D eigenvalue weighted by Crippen LogP contribution is 2.45. The molecule has 1 atom stereocenters. The lowest BCUT2D eigenvalue weighted by Crippen LogP contribution is -2.33. The number of benzene rings is 2. The highest BCUT2D eigenvalue weighted by molar-refractivity contribution is 6.09. The topological polar surface area (TPSA) is 131 Å². The van der Waals surface area contributed by atoms with Gasteiger partial charge in [-0.05, 0) is 30.2 Å². The molecule has 0 saturated carbocycles. The molecule has 1 aliphatic heterocycles. The van der Waals surface area contributed by atoms with Crippen molar-refractivity contribution in [1.82, 2.24) is 24.3 Å². The number of nitrogen functional groups attached to an aromatic ring is 1. The molecule has 3 aromatic heterocycles. The number of phenols is 1. The van der Waals surface area contributed by atoms with E-state index in [9.17, 15) is 14.3 Å². The van der Waals surface area contributed by atoms with Crippen LogP contribution in [-0.2, 0) is 16.6 Å². The molecule has 0 fully saturated rings. The molecule has 0 bridgehead atoms. The van der Waals surface area contributed by atoms with E-state index in [0.717, 1.165) is 17.3 Å². The van der Waals surface area contributed by atoms with E-state index in [2.05, 4.69) is 20.3 Å². The van der Waals surface area contributed by atoms with Crippen LogP contribution < -0.4 is 11.1 Å². The smallest absolute Gasteiger partial charge is 0.240 e. The van der Waals surface area contributed by atoms with Crippen LogP contribution in [0.4, 0.5) is 16.0 Å². The standard InChI is InChI=1S/C26H20FN7O2/c1-26(15-7-8-19(35)16(27)12-15)20-21(28)31-22(32-23(20)33-25(26)36)18-13-34-10-9-29-24(34)17(30-18)11-14-5-3-2-4-6-14/h2-10,12-13,35H,11H2,1H3,(H3,28,31,32,33,36)/t26-/m1/s1. The lowest BCUT2D eigenvalue weighted by Gasteiger charge is -2.23. The molecule has 0 aliphatic carbocycles. The average molecular weight is 481 g/mol. The summed E-state index contributed by atoms with van der Waals surface area (Å²) in [6.45, 7) is 1.62. The summed E-state index contributed by atoms with van der Waals surface area (Å²) in [7, 11) is 0. The van der Waals surface area contributed by atoms with Gasteiger partial charge < -0.3 is 20.6 Å². The van der Waals surface area contributed by atoms with Crippen molar-refractivity contribution in [3.05, 3.63) is 95.3 Å². The maximum absolute atomic E-state index is 14.1. The van der Waals surface area contributed by atoms with Crippen molar-refractivity contribution in [3.8, 4) is 17.3 Å². The molecule has 36 heavy (non-hydrogen) atoms. The molecule has 10 heteroatoms. The Morgan fingerprint density at radius 1 is 1.14 bits per heavy atom. The van der Waals surface area contributed by atoms with E-state index in [1.54, 1.807) is 19.3 Å². The number of carbonyl (C=O) groups is 1. The number of aromatic nitrogens is 5. The van der Waals surface area contributed by atoms with Crippen LogP contribution in [0.3, 0.4) is 0 Å². The first-order valence-corrected chi connectivity index (χ1v) is 11.2. The molecule has 6 rings (SSSR count). The normalized spacial score (nSPS) is 16.8. The molecule has 1 amide bonds. The maximum atomic E-state index is 14.1. The Bertz CT molecular complexity index is 1670. The van der Waals surface area contributed by atoms with Gasteiger partial charge >= 0.3 is 0 Å². The molecule has 9 nitrogen and oxygen atoms in total. The Morgan fingerprint density at radius 2 is 1.94 bits per heavy atom. The molecule has 2 aromatic carbocycles. The number of anilines is 2. The van der Waals surface area contributed by atoms with E-state index in [-0.39, 0.29) is 17.5 Å². The number of nitrogens with zero attached hydrogens (tertiary/aromatic N) is 5. The fraction of sp³-hybridized carbons (Fsp3) is 0.115. The first-order chi connectivity index (χ1) is 17.3. The molecule has 5 aromatic rings. The number of amides is 1. The van der Waals surface area contributed by atoms with Crippen molar-refractivity contribution in [2.75, 3.05) is 11.1 Å². The van der Waals surface area contributed by atoms with Crippen molar-refractivity contribution in [3.63, 3.8) is 0 Å². The van der Waals surface area contributed by atoms with Crippen molar-refractivity contribution in [2.45, 2.75) is 18.8 Å². The molecular formula is C26H20FN7O2. The summed E-state index contributed by atoms with van der Waals surface area (Å²) in [5, 5.41) is 12.3. The molecule has 4 N–H and O–H groups in total. The van der Waals surface area contributed by atoms with Crippen molar-refractivity contribution in [2.24, 2.45) is 0 Å². The van der Waals surface area contributed by atoms with Crippen molar-refractivity contribution >= 4 is 23.2 Å². The molecular weight excluding hydrogens is 461 g/mol. The maximum Gasteiger partial charge on any atom is 0.240 e. The van der Waals surface area contributed by atoms with E-state index in [0.29, 0.717) is 28.9 Å². The second-order valence-corrected chi connectivity index (χ2v) is 8.79. The molecule has 178 valence electrons. The van der Waals surface area contributed by atoms with Crippen molar-refractivity contribution < 1.29 is 14.3 Å².